The van der Waals surface area contributed by atoms with Crippen molar-refractivity contribution in [3.63, 3.8) is 0 Å². The van der Waals surface area contributed by atoms with E-state index in [1.54, 1.807) is 6.07 Å². The number of aromatic nitrogens is 1. The number of nitriles is 1. The Morgan fingerprint density at radius 1 is 1.29 bits per heavy atom. The van der Waals surface area contributed by atoms with Gasteiger partial charge in [0.15, 0.2) is 5.82 Å². The maximum Gasteiger partial charge on any atom is 0.416 e. The molecule has 2 aromatic rings. The average molecular weight is 420 g/mol. The summed E-state index contributed by atoms with van der Waals surface area (Å²) in [6.07, 6.45) is -3.40. The minimum Gasteiger partial charge on any atom is -0.266 e. The average Bonchev–Trinajstić information content (AvgIpc) is 2.48. The quantitative estimate of drug-likeness (QED) is 0.818. The van der Waals surface area contributed by atoms with E-state index >= 15 is 0 Å². The number of pyridine rings is 1. The number of halogens is 4. The van der Waals surface area contributed by atoms with Crippen LogP contribution in [0, 0.1) is 11.3 Å². The van der Waals surface area contributed by atoms with Crippen LogP contribution in [0.4, 0.5) is 19.0 Å². The van der Waals surface area contributed by atoms with Gasteiger partial charge in [-0.05, 0) is 33.6 Å². The molecule has 0 fully saturated rings. The van der Waals surface area contributed by atoms with Crippen molar-refractivity contribution in [3.8, 4) is 6.07 Å². The number of nitrogens with one attached hydrogen (secondary N) is 1. The highest BCUT2D eigenvalue weighted by molar-refractivity contribution is 9.10. The van der Waals surface area contributed by atoms with E-state index in [4.69, 9.17) is 5.26 Å². The lowest BCUT2D eigenvalue weighted by atomic mass is 10.1. The molecule has 0 aliphatic carbocycles. The number of anilines is 1. The van der Waals surface area contributed by atoms with Crippen LogP contribution in [0.15, 0.2) is 41.0 Å². The van der Waals surface area contributed by atoms with E-state index in [9.17, 15) is 21.6 Å². The van der Waals surface area contributed by atoms with Gasteiger partial charge in [0, 0.05) is 10.7 Å². The lowest BCUT2D eigenvalue weighted by Gasteiger charge is -2.14. The Balaban J connectivity index is 2.33. The molecule has 0 radical (unpaired) electrons. The first-order valence-electron chi connectivity index (χ1n) is 6.33. The van der Waals surface area contributed by atoms with E-state index in [0.717, 1.165) is 12.1 Å². The zero-order chi connectivity index (χ0) is 18.0. The summed E-state index contributed by atoms with van der Waals surface area (Å²) in [7, 11) is -4.19. The third-order valence-electron chi connectivity index (χ3n) is 2.90. The first-order chi connectivity index (χ1) is 11.1. The van der Waals surface area contributed by atoms with Crippen molar-refractivity contribution in [1.29, 1.82) is 5.26 Å². The van der Waals surface area contributed by atoms with Gasteiger partial charge in [0.2, 0.25) is 10.0 Å². The highest BCUT2D eigenvalue weighted by Crippen LogP contribution is 2.32. The summed E-state index contributed by atoms with van der Waals surface area (Å²) in [5.41, 5.74) is -1.48. The molecule has 0 atom stereocenters. The summed E-state index contributed by atoms with van der Waals surface area (Å²) in [4.78, 5) is 3.77. The van der Waals surface area contributed by atoms with Gasteiger partial charge in [0.1, 0.15) is 6.07 Å². The zero-order valence-electron chi connectivity index (χ0n) is 11.8. The molecule has 1 aromatic heterocycles. The monoisotopic (exact) mass is 419 g/mol. The number of benzene rings is 1. The predicted molar refractivity (Wildman–Crippen MR) is 84.3 cm³/mol. The topological polar surface area (TPSA) is 82.8 Å². The molecule has 24 heavy (non-hydrogen) atoms. The molecule has 126 valence electrons. The van der Waals surface area contributed by atoms with Gasteiger partial charge in [-0.15, -0.1) is 0 Å². The van der Waals surface area contributed by atoms with Crippen molar-refractivity contribution < 1.29 is 21.6 Å². The smallest absolute Gasteiger partial charge is 0.266 e. The predicted octanol–water partition coefficient (Wildman–Crippen LogP) is 3.68. The fourth-order valence-corrected chi connectivity index (χ4v) is 3.44. The van der Waals surface area contributed by atoms with Gasteiger partial charge in [0.25, 0.3) is 0 Å². The number of sulfonamides is 1. The minimum atomic E-state index is -4.67. The van der Waals surface area contributed by atoms with Gasteiger partial charge in [-0.2, -0.15) is 18.4 Å². The van der Waals surface area contributed by atoms with E-state index in [1.165, 1.54) is 24.4 Å². The van der Waals surface area contributed by atoms with Crippen molar-refractivity contribution in [2.75, 3.05) is 4.72 Å². The van der Waals surface area contributed by atoms with Crippen molar-refractivity contribution in [1.82, 2.24) is 4.98 Å². The van der Waals surface area contributed by atoms with Crippen LogP contribution >= 0.6 is 15.9 Å². The highest BCUT2D eigenvalue weighted by atomic mass is 79.9. The number of rotatable bonds is 4. The van der Waals surface area contributed by atoms with E-state index in [0.29, 0.717) is 4.47 Å². The Morgan fingerprint density at radius 2 is 1.96 bits per heavy atom. The van der Waals surface area contributed by atoms with Gasteiger partial charge in [0.05, 0.1) is 16.9 Å². The van der Waals surface area contributed by atoms with Crippen molar-refractivity contribution in [2.45, 2.75) is 11.9 Å². The molecular formula is C14H9BrF3N3O2S. The molecule has 0 spiro atoms. The summed E-state index contributed by atoms with van der Waals surface area (Å²) in [6.45, 7) is 0. The molecule has 10 heteroatoms. The molecule has 0 saturated carbocycles. The SMILES string of the molecule is N#Cc1cc(Br)cnc1NS(=O)(=O)Cc1ccccc1C(F)(F)F. The molecule has 0 amide bonds. The molecule has 0 bridgehead atoms. The highest BCUT2D eigenvalue weighted by Gasteiger charge is 2.34. The van der Waals surface area contributed by atoms with Crippen LogP contribution in [0.5, 0.6) is 0 Å². The van der Waals surface area contributed by atoms with E-state index in [-0.39, 0.29) is 11.4 Å². The Hall–Kier alpha value is -2.12. The van der Waals surface area contributed by atoms with Crippen LogP contribution in [0.25, 0.3) is 0 Å². The van der Waals surface area contributed by atoms with Gasteiger partial charge >= 0.3 is 6.18 Å². The van der Waals surface area contributed by atoms with Gasteiger partial charge in [-0.1, -0.05) is 18.2 Å². The van der Waals surface area contributed by atoms with Crippen LogP contribution < -0.4 is 4.72 Å². The molecule has 1 aromatic carbocycles. The summed E-state index contributed by atoms with van der Waals surface area (Å²) in [5, 5.41) is 8.99. The third-order valence-corrected chi connectivity index (χ3v) is 4.52. The van der Waals surface area contributed by atoms with Crippen molar-refractivity contribution >= 4 is 31.8 Å². The van der Waals surface area contributed by atoms with Crippen LogP contribution in [0.1, 0.15) is 16.7 Å². The summed E-state index contributed by atoms with van der Waals surface area (Å²) < 4.78 is 65.6. The zero-order valence-corrected chi connectivity index (χ0v) is 14.2. The Labute approximate surface area is 144 Å². The van der Waals surface area contributed by atoms with E-state index in [1.807, 2.05) is 4.72 Å². The minimum absolute atomic E-state index is 0.0583. The standard InChI is InChI=1S/C14H9BrF3N3O2S/c15-11-5-10(6-19)13(20-7-11)21-24(22,23)8-9-3-1-2-4-12(9)14(16,17)18/h1-5,7H,8H2,(H,20,21). The van der Waals surface area contributed by atoms with Gasteiger partial charge in [-0.3, -0.25) is 4.72 Å². The van der Waals surface area contributed by atoms with E-state index < -0.39 is 33.1 Å². The Bertz CT molecular complexity index is 908. The molecule has 1 N–H and O–H groups in total. The van der Waals surface area contributed by atoms with Crippen LogP contribution in [-0.2, 0) is 22.0 Å². The third kappa shape index (κ3) is 4.46. The number of nitrogens with zero attached hydrogens (tertiary/aromatic N) is 2. The second-order valence-electron chi connectivity index (χ2n) is 4.68. The fourth-order valence-electron chi connectivity index (χ4n) is 1.92. The fraction of sp³-hybridized carbons (Fsp3) is 0.143. The molecule has 2 rings (SSSR count). The molecule has 1 heterocycles. The lowest BCUT2D eigenvalue weighted by molar-refractivity contribution is -0.138. The number of hydrogen-bond donors (Lipinski definition) is 1. The van der Waals surface area contributed by atoms with E-state index in [2.05, 4.69) is 20.9 Å². The maximum atomic E-state index is 12.9. The summed E-state index contributed by atoms with van der Waals surface area (Å²) >= 11 is 3.09. The van der Waals surface area contributed by atoms with Crippen molar-refractivity contribution in [2.24, 2.45) is 0 Å². The van der Waals surface area contributed by atoms with Crippen molar-refractivity contribution in [3.05, 3.63) is 57.7 Å². The van der Waals surface area contributed by atoms with Crippen LogP contribution in [0.3, 0.4) is 0 Å². The first kappa shape index (κ1) is 18.2. The molecular weight excluding hydrogens is 411 g/mol. The molecule has 0 aliphatic heterocycles. The lowest BCUT2D eigenvalue weighted by Crippen LogP contribution is -2.19. The number of alkyl halides is 3. The second-order valence-corrected chi connectivity index (χ2v) is 7.32. The molecule has 0 aliphatic rings. The number of hydrogen-bond acceptors (Lipinski definition) is 4. The van der Waals surface area contributed by atoms with Crippen LogP contribution in [-0.4, -0.2) is 13.4 Å². The van der Waals surface area contributed by atoms with Crippen LogP contribution in [0.2, 0.25) is 0 Å². The normalized spacial score (nSPS) is 11.8. The first-order valence-corrected chi connectivity index (χ1v) is 8.78. The summed E-state index contributed by atoms with van der Waals surface area (Å²) in [6, 6.07) is 7.49. The maximum absolute atomic E-state index is 12.9. The molecule has 0 unspecified atom stereocenters. The Kier molecular flexibility index (Phi) is 5.15. The van der Waals surface area contributed by atoms with Gasteiger partial charge in [-0.25, -0.2) is 13.4 Å². The molecule has 5 nitrogen and oxygen atoms in total. The Morgan fingerprint density at radius 3 is 2.58 bits per heavy atom. The molecule has 0 saturated heterocycles. The largest absolute Gasteiger partial charge is 0.416 e. The van der Waals surface area contributed by atoms with Gasteiger partial charge < -0.3 is 0 Å². The second kappa shape index (κ2) is 6.78. The summed E-state index contributed by atoms with van der Waals surface area (Å²) in [5.74, 6) is -1.14.